The third-order valence-electron chi connectivity index (χ3n) is 3.13. The lowest BCUT2D eigenvalue weighted by Gasteiger charge is -2.14. The van der Waals surface area contributed by atoms with Crippen LogP contribution < -0.4 is 4.74 Å². The molecule has 0 aliphatic heterocycles. The summed E-state index contributed by atoms with van der Waals surface area (Å²) in [7, 11) is 0. The fourth-order valence-corrected chi connectivity index (χ4v) is 2.04. The van der Waals surface area contributed by atoms with Crippen molar-refractivity contribution in [2.75, 3.05) is 13.2 Å². The highest BCUT2D eigenvalue weighted by molar-refractivity contribution is 5.86. The SMILES string of the molecule is CCOC(=O)C1(c2ccc(OCC)cc2)CC1. The second-order valence-corrected chi connectivity index (χ2v) is 4.26. The van der Waals surface area contributed by atoms with Crippen LogP contribution in [0.3, 0.4) is 0 Å². The van der Waals surface area contributed by atoms with Gasteiger partial charge in [-0.2, -0.15) is 0 Å². The summed E-state index contributed by atoms with van der Waals surface area (Å²) in [6.07, 6.45) is 1.78. The molecule has 0 bridgehead atoms. The molecular weight excluding hydrogens is 216 g/mol. The smallest absolute Gasteiger partial charge is 0.316 e. The minimum atomic E-state index is -0.374. The van der Waals surface area contributed by atoms with E-state index in [0.717, 1.165) is 24.2 Å². The van der Waals surface area contributed by atoms with Crippen LogP contribution in [0.4, 0.5) is 0 Å². The summed E-state index contributed by atoms with van der Waals surface area (Å²) < 4.78 is 10.5. The van der Waals surface area contributed by atoms with E-state index in [9.17, 15) is 4.79 Å². The molecule has 0 atom stereocenters. The number of rotatable bonds is 5. The van der Waals surface area contributed by atoms with Crippen LogP contribution in [0.1, 0.15) is 32.3 Å². The molecule has 3 heteroatoms. The highest BCUT2D eigenvalue weighted by atomic mass is 16.5. The van der Waals surface area contributed by atoms with E-state index in [1.807, 2.05) is 38.1 Å². The summed E-state index contributed by atoms with van der Waals surface area (Å²) in [5, 5.41) is 0. The van der Waals surface area contributed by atoms with E-state index in [1.54, 1.807) is 0 Å². The van der Waals surface area contributed by atoms with Gasteiger partial charge in [0.15, 0.2) is 0 Å². The number of carbonyl (C=O) groups is 1. The van der Waals surface area contributed by atoms with Gasteiger partial charge in [0, 0.05) is 0 Å². The molecule has 3 nitrogen and oxygen atoms in total. The average molecular weight is 234 g/mol. The quantitative estimate of drug-likeness (QED) is 0.735. The molecule has 0 N–H and O–H groups in total. The summed E-state index contributed by atoms with van der Waals surface area (Å²) >= 11 is 0. The van der Waals surface area contributed by atoms with Crippen molar-refractivity contribution < 1.29 is 14.3 Å². The summed E-state index contributed by atoms with van der Waals surface area (Å²) in [6, 6.07) is 7.76. The third-order valence-corrected chi connectivity index (χ3v) is 3.13. The van der Waals surface area contributed by atoms with Crippen molar-refractivity contribution in [2.45, 2.75) is 32.1 Å². The molecule has 0 saturated heterocycles. The summed E-state index contributed by atoms with van der Waals surface area (Å²) in [4.78, 5) is 11.9. The molecule has 0 heterocycles. The molecule has 2 rings (SSSR count). The van der Waals surface area contributed by atoms with Crippen LogP contribution in [-0.2, 0) is 14.9 Å². The third kappa shape index (κ3) is 2.28. The number of ether oxygens (including phenoxy) is 2. The summed E-state index contributed by atoms with van der Waals surface area (Å²) in [6.45, 7) is 4.89. The number of hydrogen-bond donors (Lipinski definition) is 0. The predicted octanol–water partition coefficient (Wildman–Crippen LogP) is 2.68. The van der Waals surface area contributed by atoms with Crippen LogP contribution in [0.25, 0.3) is 0 Å². The second kappa shape index (κ2) is 4.78. The second-order valence-electron chi connectivity index (χ2n) is 4.26. The summed E-state index contributed by atoms with van der Waals surface area (Å²) in [5.74, 6) is 0.750. The zero-order chi connectivity index (χ0) is 12.3. The van der Waals surface area contributed by atoms with Crippen molar-refractivity contribution in [2.24, 2.45) is 0 Å². The van der Waals surface area contributed by atoms with Gasteiger partial charge in [0.05, 0.1) is 18.6 Å². The van der Waals surface area contributed by atoms with Gasteiger partial charge in [-0.3, -0.25) is 4.79 Å². The maximum atomic E-state index is 11.9. The molecule has 17 heavy (non-hydrogen) atoms. The molecule has 92 valence electrons. The van der Waals surface area contributed by atoms with Crippen molar-refractivity contribution in [3.8, 4) is 5.75 Å². The van der Waals surface area contributed by atoms with Crippen molar-refractivity contribution in [1.82, 2.24) is 0 Å². The van der Waals surface area contributed by atoms with E-state index in [2.05, 4.69) is 0 Å². The van der Waals surface area contributed by atoms with Gasteiger partial charge in [-0.05, 0) is 44.4 Å². The van der Waals surface area contributed by atoms with E-state index in [0.29, 0.717) is 13.2 Å². The van der Waals surface area contributed by atoms with Gasteiger partial charge in [0.25, 0.3) is 0 Å². The van der Waals surface area contributed by atoms with Crippen LogP contribution in [0.15, 0.2) is 24.3 Å². The Morgan fingerprint density at radius 2 is 1.82 bits per heavy atom. The van der Waals surface area contributed by atoms with Crippen LogP contribution >= 0.6 is 0 Å². The van der Waals surface area contributed by atoms with Gasteiger partial charge in [-0.25, -0.2) is 0 Å². The predicted molar refractivity (Wildman–Crippen MR) is 65.2 cm³/mol. The average Bonchev–Trinajstić information content (AvgIpc) is 3.12. The number of esters is 1. The molecule has 0 radical (unpaired) electrons. The molecule has 1 aliphatic rings. The molecule has 0 amide bonds. The van der Waals surface area contributed by atoms with Gasteiger partial charge in [0.1, 0.15) is 5.75 Å². The van der Waals surface area contributed by atoms with Gasteiger partial charge < -0.3 is 9.47 Å². The Morgan fingerprint density at radius 1 is 1.18 bits per heavy atom. The summed E-state index contributed by atoms with van der Waals surface area (Å²) in [5.41, 5.74) is 0.667. The number of carbonyl (C=O) groups excluding carboxylic acids is 1. The molecule has 1 aromatic rings. The van der Waals surface area contributed by atoms with Crippen molar-refractivity contribution in [3.05, 3.63) is 29.8 Å². The first-order valence-electron chi connectivity index (χ1n) is 6.13. The van der Waals surface area contributed by atoms with Crippen LogP contribution in [-0.4, -0.2) is 19.2 Å². The molecule has 1 fully saturated rings. The van der Waals surface area contributed by atoms with Gasteiger partial charge in [-0.15, -0.1) is 0 Å². The van der Waals surface area contributed by atoms with E-state index in [-0.39, 0.29) is 11.4 Å². The van der Waals surface area contributed by atoms with E-state index in [1.165, 1.54) is 0 Å². The Bertz CT molecular complexity index is 390. The maximum absolute atomic E-state index is 11.9. The molecule has 0 aromatic heterocycles. The van der Waals surface area contributed by atoms with Crippen molar-refractivity contribution in [1.29, 1.82) is 0 Å². The zero-order valence-corrected chi connectivity index (χ0v) is 10.4. The van der Waals surface area contributed by atoms with E-state index in [4.69, 9.17) is 9.47 Å². The Morgan fingerprint density at radius 3 is 2.29 bits per heavy atom. The minimum Gasteiger partial charge on any atom is -0.494 e. The molecule has 1 aromatic carbocycles. The fraction of sp³-hybridized carbons (Fsp3) is 0.500. The van der Waals surface area contributed by atoms with E-state index < -0.39 is 0 Å². The van der Waals surface area contributed by atoms with E-state index >= 15 is 0 Å². The fourth-order valence-electron chi connectivity index (χ4n) is 2.04. The van der Waals surface area contributed by atoms with Crippen LogP contribution in [0.5, 0.6) is 5.75 Å². The molecule has 0 unspecified atom stereocenters. The lowest BCUT2D eigenvalue weighted by atomic mass is 9.96. The molecule has 1 aliphatic carbocycles. The molecule has 0 spiro atoms. The maximum Gasteiger partial charge on any atom is 0.316 e. The highest BCUT2D eigenvalue weighted by Gasteiger charge is 2.52. The normalized spacial score (nSPS) is 16.4. The molecular formula is C14H18O3. The first-order valence-corrected chi connectivity index (χ1v) is 6.13. The lowest BCUT2D eigenvalue weighted by Crippen LogP contribution is -2.23. The Labute approximate surface area is 102 Å². The number of hydrogen-bond acceptors (Lipinski definition) is 3. The monoisotopic (exact) mass is 234 g/mol. The first-order chi connectivity index (χ1) is 8.23. The van der Waals surface area contributed by atoms with Crippen molar-refractivity contribution in [3.63, 3.8) is 0 Å². The Balaban J connectivity index is 2.14. The first kappa shape index (κ1) is 12.0. The Kier molecular flexibility index (Phi) is 3.36. The Hall–Kier alpha value is -1.51. The van der Waals surface area contributed by atoms with Crippen LogP contribution in [0.2, 0.25) is 0 Å². The van der Waals surface area contributed by atoms with Crippen LogP contribution in [0, 0.1) is 0 Å². The largest absolute Gasteiger partial charge is 0.494 e. The lowest BCUT2D eigenvalue weighted by molar-refractivity contribution is -0.146. The van der Waals surface area contributed by atoms with Gasteiger partial charge in [0.2, 0.25) is 0 Å². The minimum absolute atomic E-state index is 0.0934. The highest BCUT2D eigenvalue weighted by Crippen LogP contribution is 2.49. The standard InChI is InChI=1S/C14H18O3/c1-3-16-12-7-5-11(6-8-12)14(9-10-14)13(15)17-4-2/h5-8H,3-4,9-10H2,1-2H3. The zero-order valence-electron chi connectivity index (χ0n) is 10.4. The topological polar surface area (TPSA) is 35.5 Å². The van der Waals surface area contributed by atoms with Gasteiger partial charge >= 0.3 is 5.97 Å². The number of benzene rings is 1. The van der Waals surface area contributed by atoms with Gasteiger partial charge in [-0.1, -0.05) is 12.1 Å². The molecule has 1 saturated carbocycles. The van der Waals surface area contributed by atoms with Crippen molar-refractivity contribution >= 4 is 5.97 Å².